The summed E-state index contributed by atoms with van der Waals surface area (Å²) in [4.78, 5) is 42.0. The molecule has 0 saturated heterocycles. The maximum Gasteiger partial charge on any atom is 0.324 e. The first kappa shape index (κ1) is 22.0. The molecule has 0 amide bonds. The van der Waals surface area contributed by atoms with E-state index in [1.807, 2.05) is 88.4 Å². The zero-order valence-corrected chi connectivity index (χ0v) is 19.3. The number of benzene rings is 2. The number of esters is 2. The quantitative estimate of drug-likeness (QED) is 0.523. The van der Waals surface area contributed by atoms with Crippen LogP contribution in [0.15, 0.2) is 60.7 Å². The summed E-state index contributed by atoms with van der Waals surface area (Å²) in [5.74, 6) is -1.79. The molecule has 5 heteroatoms. The van der Waals surface area contributed by atoms with Crippen LogP contribution < -0.4 is 0 Å². The maximum atomic E-state index is 14.6. The van der Waals surface area contributed by atoms with Crippen LogP contribution in [0.5, 0.6) is 0 Å². The van der Waals surface area contributed by atoms with Crippen molar-refractivity contribution >= 4 is 28.9 Å². The zero-order valence-electron chi connectivity index (χ0n) is 19.3. The highest BCUT2D eigenvalue weighted by Crippen LogP contribution is 2.81. The van der Waals surface area contributed by atoms with Crippen LogP contribution in [0, 0.1) is 21.7 Å². The number of carbonyl (C=O) groups excluding carboxylic acids is 3. The van der Waals surface area contributed by atoms with Gasteiger partial charge in [0.1, 0.15) is 0 Å². The first-order chi connectivity index (χ1) is 15.1. The first-order valence-corrected chi connectivity index (χ1v) is 10.7. The predicted octanol–water partition coefficient (Wildman–Crippen LogP) is 4.56. The van der Waals surface area contributed by atoms with E-state index in [-0.39, 0.29) is 0 Å². The Hall–Kier alpha value is -3.21. The monoisotopic (exact) mass is 432 g/mol. The van der Waals surface area contributed by atoms with E-state index in [9.17, 15) is 14.4 Å². The standard InChI is InChI=1S/C27H28O5/c1-24(2)25(3,4)27(23(30)32-6)20(18-15-11-8-12-16-18)19(17-13-9-7-10-14-17)26(24,21(27)28)22(29)31-5/h7-16H,1-6H3. The summed E-state index contributed by atoms with van der Waals surface area (Å²) in [6, 6.07) is 18.6. The molecular formula is C27H28O5. The number of fused-ring (bicyclic) bond motifs is 2. The van der Waals surface area contributed by atoms with E-state index in [1.54, 1.807) is 0 Å². The number of methoxy groups -OCH3 is 2. The molecule has 2 aromatic rings. The highest BCUT2D eigenvalue weighted by atomic mass is 16.5. The number of Topliss-reactive ketones (excluding diaryl/α,β-unsaturated/α-hetero) is 1. The van der Waals surface area contributed by atoms with Crippen molar-refractivity contribution in [2.75, 3.05) is 14.2 Å². The van der Waals surface area contributed by atoms with Gasteiger partial charge in [-0.3, -0.25) is 14.4 Å². The minimum Gasteiger partial charge on any atom is -0.468 e. The molecule has 32 heavy (non-hydrogen) atoms. The minimum atomic E-state index is -1.67. The smallest absolute Gasteiger partial charge is 0.324 e. The van der Waals surface area contributed by atoms with Crippen molar-refractivity contribution in [3.05, 3.63) is 71.8 Å². The molecule has 0 heterocycles. The molecule has 0 N–H and O–H groups in total. The second-order valence-corrected chi connectivity index (χ2v) is 9.54. The normalized spacial score (nSPS) is 27.4. The topological polar surface area (TPSA) is 69.7 Å². The molecule has 2 aromatic carbocycles. The fraction of sp³-hybridized carbons (Fsp3) is 0.370. The van der Waals surface area contributed by atoms with Crippen molar-refractivity contribution in [2.24, 2.45) is 21.7 Å². The van der Waals surface area contributed by atoms with Crippen LogP contribution in [-0.4, -0.2) is 31.9 Å². The number of ketones is 1. The lowest BCUT2D eigenvalue weighted by atomic mass is 9.48. The molecule has 2 bridgehead atoms. The SMILES string of the molecule is COC(=O)C12C(=O)C(C(=O)OC)(C(c3ccccc3)=C1c1ccccc1)C(C)(C)C2(C)C. The van der Waals surface area contributed by atoms with Crippen molar-refractivity contribution in [1.82, 2.24) is 0 Å². The highest BCUT2D eigenvalue weighted by Gasteiger charge is 2.87. The number of hydrogen-bond donors (Lipinski definition) is 0. The largest absolute Gasteiger partial charge is 0.468 e. The van der Waals surface area contributed by atoms with Gasteiger partial charge >= 0.3 is 11.9 Å². The number of rotatable bonds is 4. The van der Waals surface area contributed by atoms with Crippen LogP contribution in [-0.2, 0) is 23.9 Å². The maximum absolute atomic E-state index is 14.6. The van der Waals surface area contributed by atoms with Crippen molar-refractivity contribution in [3.8, 4) is 0 Å². The lowest BCUT2D eigenvalue weighted by molar-refractivity contribution is -0.159. The van der Waals surface area contributed by atoms with Crippen molar-refractivity contribution < 1.29 is 23.9 Å². The van der Waals surface area contributed by atoms with E-state index in [1.165, 1.54) is 14.2 Å². The Morgan fingerprint density at radius 2 is 0.938 bits per heavy atom. The van der Waals surface area contributed by atoms with E-state index in [0.29, 0.717) is 22.3 Å². The summed E-state index contributed by atoms with van der Waals surface area (Å²) in [5, 5.41) is 0. The molecule has 0 aromatic heterocycles. The van der Waals surface area contributed by atoms with E-state index in [0.717, 1.165) is 0 Å². The van der Waals surface area contributed by atoms with Gasteiger partial charge in [0.2, 0.25) is 0 Å². The predicted molar refractivity (Wildman–Crippen MR) is 121 cm³/mol. The molecule has 0 aliphatic heterocycles. The second-order valence-electron chi connectivity index (χ2n) is 9.54. The van der Waals surface area contributed by atoms with Crippen LogP contribution in [0.25, 0.3) is 11.1 Å². The number of ether oxygens (including phenoxy) is 2. The summed E-state index contributed by atoms with van der Waals surface area (Å²) < 4.78 is 10.6. The average molecular weight is 433 g/mol. The average Bonchev–Trinajstić information content (AvgIpc) is 3.11. The summed E-state index contributed by atoms with van der Waals surface area (Å²) in [6.45, 7) is 7.49. The van der Waals surface area contributed by atoms with Gasteiger partial charge in [-0.2, -0.15) is 0 Å². The minimum absolute atomic E-state index is 0.476. The molecule has 0 radical (unpaired) electrons. The van der Waals surface area contributed by atoms with Gasteiger partial charge in [0.15, 0.2) is 16.6 Å². The molecule has 0 spiro atoms. The van der Waals surface area contributed by atoms with E-state index in [4.69, 9.17) is 9.47 Å². The third-order valence-electron chi connectivity index (χ3n) is 8.23. The van der Waals surface area contributed by atoms with Gasteiger partial charge in [-0.15, -0.1) is 0 Å². The summed E-state index contributed by atoms with van der Waals surface area (Å²) >= 11 is 0. The Balaban J connectivity index is 2.32. The van der Waals surface area contributed by atoms with Gasteiger partial charge in [0.25, 0.3) is 0 Å². The van der Waals surface area contributed by atoms with Gasteiger partial charge in [-0.1, -0.05) is 88.4 Å². The Morgan fingerprint density at radius 1 is 0.625 bits per heavy atom. The summed E-state index contributed by atoms with van der Waals surface area (Å²) in [6.07, 6.45) is 0. The van der Waals surface area contributed by atoms with Gasteiger partial charge < -0.3 is 9.47 Å². The molecule has 2 atom stereocenters. The van der Waals surface area contributed by atoms with E-state index in [2.05, 4.69) is 0 Å². The van der Waals surface area contributed by atoms with Gasteiger partial charge in [-0.05, 0) is 33.1 Å². The fourth-order valence-electron chi connectivity index (χ4n) is 6.15. The van der Waals surface area contributed by atoms with Gasteiger partial charge in [-0.25, -0.2) is 0 Å². The fourth-order valence-corrected chi connectivity index (χ4v) is 6.15. The Kier molecular flexibility index (Phi) is 4.74. The summed E-state index contributed by atoms with van der Waals surface area (Å²) in [5.41, 5.74) is -2.80. The molecule has 2 aliphatic carbocycles. The van der Waals surface area contributed by atoms with Crippen LogP contribution in [0.3, 0.4) is 0 Å². The molecule has 5 nitrogen and oxygen atoms in total. The molecule has 2 unspecified atom stereocenters. The van der Waals surface area contributed by atoms with Crippen LogP contribution >= 0.6 is 0 Å². The van der Waals surface area contributed by atoms with Gasteiger partial charge in [0.05, 0.1) is 14.2 Å². The molecule has 1 fully saturated rings. The van der Waals surface area contributed by atoms with Gasteiger partial charge in [0, 0.05) is 0 Å². The van der Waals surface area contributed by atoms with Crippen molar-refractivity contribution in [2.45, 2.75) is 27.7 Å². The van der Waals surface area contributed by atoms with E-state index < -0.39 is 39.4 Å². The van der Waals surface area contributed by atoms with Crippen LogP contribution in [0.2, 0.25) is 0 Å². The third-order valence-corrected chi connectivity index (χ3v) is 8.23. The Morgan fingerprint density at radius 3 is 1.22 bits per heavy atom. The molecule has 166 valence electrons. The Bertz CT molecular complexity index is 1050. The number of carbonyl (C=O) groups is 3. The molecule has 4 rings (SSSR count). The van der Waals surface area contributed by atoms with Crippen LogP contribution in [0.1, 0.15) is 38.8 Å². The van der Waals surface area contributed by atoms with E-state index >= 15 is 0 Å². The lowest BCUT2D eigenvalue weighted by Gasteiger charge is -2.52. The van der Waals surface area contributed by atoms with Crippen LogP contribution in [0.4, 0.5) is 0 Å². The molecular weight excluding hydrogens is 404 g/mol. The number of hydrogen-bond acceptors (Lipinski definition) is 5. The van der Waals surface area contributed by atoms with Crippen molar-refractivity contribution in [3.63, 3.8) is 0 Å². The Labute approximate surface area is 188 Å². The second kappa shape index (κ2) is 6.89. The third kappa shape index (κ3) is 2.11. The first-order valence-electron chi connectivity index (χ1n) is 10.7. The lowest BCUT2D eigenvalue weighted by Crippen LogP contribution is -2.53. The summed E-state index contributed by atoms with van der Waals surface area (Å²) in [7, 11) is 2.57. The molecule has 1 saturated carbocycles. The van der Waals surface area contributed by atoms with Crippen molar-refractivity contribution in [1.29, 1.82) is 0 Å². The zero-order chi connectivity index (χ0) is 23.5. The molecule has 2 aliphatic rings. The highest BCUT2D eigenvalue weighted by molar-refractivity contribution is 6.38.